The zero-order valence-corrected chi connectivity index (χ0v) is 6.12. The van der Waals surface area contributed by atoms with Gasteiger partial charge in [0.1, 0.15) is 18.5 Å². The fourth-order valence-electron chi connectivity index (χ4n) is 0.784. The van der Waals surface area contributed by atoms with Gasteiger partial charge in [0.2, 0.25) is 0 Å². The van der Waals surface area contributed by atoms with Gasteiger partial charge in [-0.3, -0.25) is 4.57 Å². The number of hydrogen-bond donors (Lipinski definition) is 1. The quantitative estimate of drug-likeness (QED) is 0.619. The van der Waals surface area contributed by atoms with E-state index in [-0.39, 0.29) is 0 Å². The molecule has 6 heteroatoms. The summed E-state index contributed by atoms with van der Waals surface area (Å²) in [6.07, 6.45) is 6.12. The fourth-order valence-corrected chi connectivity index (χ4v) is 0.784. The van der Waals surface area contributed by atoms with Crippen molar-refractivity contribution < 1.29 is 0 Å². The van der Waals surface area contributed by atoms with Crippen molar-refractivity contribution in [1.82, 2.24) is 24.7 Å². The number of anilines is 1. The fraction of sp³-hybridized carbons (Fsp3) is 0. The Labute approximate surface area is 68.1 Å². The van der Waals surface area contributed by atoms with Gasteiger partial charge in [0, 0.05) is 0 Å². The van der Waals surface area contributed by atoms with Gasteiger partial charge in [-0.25, -0.2) is 9.97 Å². The van der Waals surface area contributed by atoms with Crippen LogP contribution >= 0.6 is 0 Å². The number of hydrogen-bond acceptors (Lipinski definition) is 5. The maximum atomic E-state index is 5.37. The van der Waals surface area contributed by atoms with E-state index >= 15 is 0 Å². The maximum absolute atomic E-state index is 5.37. The molecule has 0 aromatic carbocycles. The van der Waals surface area contributed by atoms with Crippen LogP contribution in [0.1, 0.15) is 0 Å². The minimum Gasteiger partial charge on any atom is -0.382 e. The topological polar surface area (TPSA) is 82.5 Å². The second-order valence-electron chi connectivity index (χ2n) is 2.17. The van der Waals surface area contributed by atoms with Gasteiger partial charge in [-0.2, -0.15) is 0 Å². The summed E-state index contributed by atoms with van der Waals surface area (Å²) in [7, 11) is 0. The summed E-state index contributed by atoms with van der Waals surface area (Å²) in [5.74, 6) is 1.04. The van der Waals surface area contributed by atoms with Crippen LogP contribution in [0.4, 0.5) is 5.82 Å². The van der Waals surface area contributed by atoms with Crippen LogP contribution in [0.3, 0.4) is 0 Å². The Morgan fingerprint density at radius 3 is 2.42 bits per heavy atom. The summed E-state index contributed by atoms with van der Waals surface area (Å²) in [4.78, 5) is 7.89. The van der Waals surface area contributed by atoms with E-state index < -0.39 is 0 Å². The first-order valence-corrected chi connectivity index (χ1v) is 3.29. The number of rotatable bonds is 1. The summed E-state index contributed by atoms with van der Waals surface area (Å²) in [5.41, 5.74) is 5.37. The molecular weight excluding hydrogens is 156 g/mol. The molecule has 0 saturated heterocycles. The van der Waals surface area contributed by atoms with Gasteiger partial charge in [-0.05, 0) is 0 Å². The lowest BCUT2D eigenvalue weighted by molar-refractivity contribution is 0.971. The van der Waals surface area contributed by atoms with Gasteiger partial charge < -0.3 is 5.73 Å². The second-order valence-corrected chi connectivity index (χ2v) is 2.17. The maximum Gasteiger partial charge on any atom is 0.157 e. The molecule has 6 nitrogen and oxygen atoms in total. The van der Waals surface area contributed by atoms with Crippen molar-refractivity contribution in [2.75, 3.05) is 5.73 Å². The molecule has 12 heavy (non-hydrogen) atoms. The van der Waals surface area contributed by atoms with E-state index in [9.17, 15) is 0 Å². The average molecular weight is 162 g/mol. The van der Waals surface area contributed by atoms with Crippen molar-refractivity contribution in [3.63, 3.8) is 0 Å². The Hall–Kier alpha value is -1.98. The molecule has 2 aromatic heterocycles. The highest BCUT2D eigenvalue weighted by atomic mass is 15.3. The molecule has 2 heterocycles. The summed E-state index contributed by atoms with van der Waals surface area (Å²) in [6, 6.07) is 0. The first-order chi connectivity index (χ1) is 5.86. The minimum absolute atomic E-state index is 0.395. The molecule has 0 amide bonds. The molecule has 0 spiro atoms. The van der Waals surface area contributed by atoms with Crippen LogP contribution in [-0.2, 0) is 0 Å². The largest absolute Gasteiger partial charge is 0.382 e. The molecule has 0 aliphatic heterocycles. The number of nitrogen functional groups attached to an aromatic ring is 1. The predicted octanol–water partition coefficient (Wildman–Crippen LogP) is -0.361. The van der Waals surface area contributed by atoms with Gasteiger partial charge in [-0.1, -0.05) is 0 Å². The van der Waals surface area contributed by atoms with Crippen molar-refractivity contribution >= 4 is 5.82 Å². The minimum atomic E-state index is 0.395. The molecule has 0 aliphatic carbocycles. The lowest BCUT2D eigenvalue weighted by Gasteiger charge is -1.97. The second kappa shape index (κ2) is 2.57. The van der Waals surface area contributed by atoms with Crippen LogP contribution in [0.15, 0.2) is 25.0 Å². The van der Waals surface area contributed by atoms with Crippen LogP contribution in [0.25, 0.3) is 5.82 Å². The lowest BCUT2D eigenvalue weighted by Crippen LogP contribution is -1.97. The highest BCUT2D eigenvalue weighted by molar-refractivity contribution is 5.27. The lowest BCUT2D eigenvalue weighted by atomic mass is 10.6. The van der Waals surface area contributed by atoms with E-state index in [1.54, 1.807) is 23.4 Å². The molecule has 60 valence electrons. The van der Waals surface area contributed by atoms with Crippen molar-refractivity contribution in [2.45, 2.75) is 0 Å². The molecule has 0 aliphatic rings. The smallest absolute Gasteiger partial charge is 0.157 e. The standard InChI is InChI=1S/C6H6N6/c7-5-1-9-6(2-8-5)12-3-10-11-4-12/h1-4H,(H2,7,8). The Kier molecular flexibility index (Phi) is 1.44. The van der Waals surface area contributed by atoms with E-state index in [0.717, 1.165) is 0 Å². The zero-order valence-electron chi connectivity index (χ0n) is 6.12. The monoisotopic (exact) mass is 162 g/mol. The molecule has 2 aromatic rings. The third kappa shape index (κ3) is 1.09. The van der Waals surface area contributed by atoms with Crippen LogP contribution < -0.4 is 5.73 Å². The van der Waals surface area contributed by atoms with E-state index in [2.05, 4.69) is 20.2 Å². The Morgan fingerprint density at radius 1 is 1.08 bits per heavy atom. The third-order valence-electron chi connectivity index (χ3n) is 1.34. The average Bonchev–Trinajstić information content (AvgIpc) is 2.58. The van der Waals surface area contributed by atoms with E-state index in [1.807, 2.05) is 0 Å². The molecule has 0 atom stereocenters. The van der Waals surface area contributed by atoms with Crippen molar-refractivity contribution in [2.24, 2.45) is 0 Å². The van der Waals surface area contributed by atoms with E-state index in [1.165, 1.54) is 6.20 Å². The Balaban J connectivity index is 2.43. The molecule has 2 rings (SSSR count). The molecule has 0 unspecified atom stereocenters. The Bertz CT molecular complexity index is 350. The SMILES string of the molecule is Nc1cnc(-n2cnnc2)cn1. The highest BCUT2D eigenvalue weighted by Crippen LogP contribution is 2.00. The zero-order chi connectivity index (χ0) is 8.39. The summed E-state index contributed by atoms with van der Waals surface area (Å²) < 4.78 is 1.65. The summed E-state index contributed by atoms with van der Waals surface area (Å²) >= 11 is 0. The van der Waals surface area contributed by atoms with Gasteiger partial charge >= 0.3 is 0 Å². The van der Waals surface area contributed by atoms with Crippen LogP contribution in [0, 0.1) is 0 Å². The van der Waals surface area contributed by atoms with Crippen molar-refractivity contribution in [1.29, 1.82) is 0 Å². The third-order valence-corrected chi connectivity index (χ3v) is 1.34. The van der Waals surface area contributed by atoms with Crippen LogP contribution in [0.5, 0.6) is 0 Å². The molecule has 0 fully saturated rings. The van der Waals surface area contributed by atoms with Crippen molar-refractivity contribution in [3.8, 4) is 5.82 Å². The molecule has 0 saturated carbocycles. The molecule has 0 radical (unpaired) electrons. The first-order valence-electron chi connectivity index (χ1n) is 3.29. The van der Waals surface area contributed by atoms with Crippen LogP contribution in [0.2, 0.25) is 0 Å². The van der Waals surface area contributed by atoms with E-state index in [4.69, 9.17) is 5.73 Å². The number of nitrogens with two attached hydrogens (primary N) is 1. The van der Waals surface area contributed by atoms with Crippen LogP contribution in [-0.4, -0.2) is 24.7 Å². The summed E-state index contributed by atoms with van der Waals surface area (Å²) in [6.45, 7) is 0. The Morgan fingerprint density at radius 2 is 1.83 bits per heavy atom. The molecule has 0 bridgehead atoms. The number of nitrogens with zero attached hydrogens (tertiary/aromatic N) is 5. The number of aromatic nitrogens is 5. The van der Waals surface area contributed by atoms with Crippen molar-refractivity contribution in [3.05, 3.63) is 25.0 Å². The summed E-state index contributed by atoms with van der Waals surface area (Å²) in [5, 5.41) is 7.27. The normalized spacial score (nSPS) is 10.0. The van der Waals surface area contributed by atoms with Gasteiger partial charge in [-0.15, -0.1) is 10.2 Å². The van der Waals surface area contributed by atoms with E-state index in [0.29, 0.717) is 11.6 Å². The molecular formula is C6H6N6. The highest BCUT2D eigenvalue weighted by Gasteiger charge is 1.96. The van der Waals surface area contributed by atoms with Gasteiger partial charge in [0.05, 0.1) is 12.4 Å². The molecule has 2 N–H and O–H groups in total. The predicted molar refractivity (Wildman–Crippen MR) is 41.4 cm³/mol. The van der Waals surface area contributed by atoms with Gasteiger partial charge in [0.25, 0.3) is 0 Å². The first kappa shape index (κ1) is 6.71. The van der Waals surface area contributed by atoms with Gasteiger partial charge in [0.15, 0.2) is 5.82 Å².